The number of nitrogens with zero attached hydrogens (tertiary/aromatic N) is 1. The molecule has 1 aromatic rings. The molecule has 0 saturated heterocycles. The van der Waals surface area contributed by atoms with Crippen LogP contribution in [-0.2, 0) is 11.3 Å². The van der Waals surface area contributed by atoms with Crippen LogP contribution in [0.3, 0.4) is 0 Å². The number of methoxy groups -OCH3 is 1. The number of carbonyl (C=O) groups is 1. The van der Waals surface area contributed by atoms with Crippen LogP contribution >= 0.6 is 0 Å². The van der Waals surface area contributed by atoms with Gasteiger partial charge in [-0.1, -0.05) is 49.6 Å². The molecule has 1 aliphatic carbocycles. The molecule has 0 bridgehead atoms. The van der Waals surface area contributed by atoms with Gasteiger partial charge in [0.1, 0.15) is 0 Å². The molecule has 1 atom stereocenters. The van der Waals surface area contributed by atoms with Gasteiger partial charge in [-0.05, 0) is 25.3 Å². The molecule has 0 heterocycles. The molecule has 122 valence electrons. The molecule has 4 heteroatoms. The van der Waals surface area contributed by atoms with Gasteiger partial charge < -0.3 is 15.0 Å². The summed E-state index contributed by atoms with van der Waals surface area (Å²) >= 11 is 0. The lowest BCUT2D eigenvalue weighted by Crippen LogP contribution is -2.49. The van der Waals surface area contributed by atoms with E-state index >= 15 is 0 Å². The van der Waals surface area contributed by atoms with Gasteiger partial charge in [-0.2, -0.15) is 0 Å². The Bertz CT molecular complexity index is 444. The maximum absolute atomic E-state index is 12.7. The van der Waals surface area contributed by atoms with E-state index in [9.17, 15) is 4.79 Å². The zero-order chi connectivity index (χ0) is 15.8. The minimum atomic E-state index is 0.0272. The number of amides is 2. The van der Waals surface area contributed by atoms with Crippen molar-refractivity contribution in [2.75, 3.05) is 13.7 Å². The molecule has 1 aromatic carbocycles. The summed E-state index contributed by atoms with van der Waals surface area (Å²) in [4.78, 5) is 14.7. The van der Waals surface area contributed by atoms with Crippen molar-refractivity contribution in [3.05, 3.63) is 35.9 Å². The molecule has 1 saturated carbocycles. The van der Waals surface area contributed by atoms with E-state index in [4.69, 9.17) is 4.74 Å². The molecule has 0 spiro atoms. The minimum absolute atomic E-state index is 0.0272. The summed E-state index contributed by atoms with van der Waals surface area (Å²) in [5, 5.41) is 3.06. The molecule has 0 aliphatic heterocycles. The predicted octanol–water partition coefficient (Wildman–Crippen LogP) is 3.57. The van der Waals surface area contributed by atoms with Gasteiger partial charge in [0.15, 0.2) is 0 Å². The summed E-state index contributed by atoms with van der Waals surface area (Å²) in [6.45, 7) is 3.19. The van der Waals surface area contributed by atoms with E-state index in [1.807, 2.05) is 30.0 Å². The summed E-state index contributed by atoms with van der Waals surface area (Å²) in [6, 6.07) is 10.6. The second-order valence-electron chi connectivity index (χ2n) is 6.21. The zero-order valence-electron chi connectivity index (χ0n) is 13.8. The molecule has 4 nitrogen and oxygen atoms in total. The number of benzene rings is 1. The van der Waals surface area contributed by atoms with Gasteiger partial charge in [0.25, 0.3) is 0 Å². The molecule has 0 aromatic heterocycles. The highest BCUT2D eigenvalue weighted by Crippen LogP contribution is 2.24. The largest absolute Gasteiger partial charge is 0.383 e. The number of carbonyl (C=O) groups excluding carboxylic acids is 1. The van der Waals surface area contributed by atoms with Gasteiger partial charge in [-0.25, -0.2) is 4.79 Å². The monoisotopic (exact) mass is 304 g/mol. The fourth-order valence-electron chi connectivity index (χ4n) is 3.12. The highest BCUT2D eigenvalue weighted by atomic mass is 16.5. The Morgan fingerprint density at radius 2 is 1.95 bits per heavy atom. The maximum atomic E-state index is 12.7. The van der Waals surface area contributed by atoms with Gasteiger partial charge in [-0.15, -0.1) is 0 Å². The number of ether oxygens (including phenoxy) is 1. The maximum Gasteiger partial charge on any atom is 0.318 e. The predicted molar refractivity (Wildman–Crippen MR) is 88.7 cm³/mol. The Hall–Kier alpha value is -1.55. The van der Waals surface area contributed by atoms with Gasteiger partial charge in [0.05, 0.1) is 12.6 Å². The molecule has 1 unspecified atom stereocenters. The number of urea groups is 1. The van der Waals surface area contributed by atoms with E-state index < -0.39 is 0 Å². The smallest absolute Gasteiger partial charge is 0.318 e. The van der Waals surface area contributed by atoms with Crippen molar-refractivity contribution in [3.63, 3.8) is 0 Å². The Morgan fingerprint density at radius 1 is 1.27 bits per heavy atom. The summed E-state index contributed by atoms with van der Waals surface area (Å²) in [5.41, 5.74) is 1.18. The number of rotatable bonds is 6. The third-order valence-corrected chi connectivity index (χ3v) is 4.26. The molecule has 2 rings (SSSR count). The molecule has 1 aliphatic rings. The van der Waals surface area contributed by atoms with Gasteiger partial charge >= 0.3 is 6.03 Å². The van der Waals surface area contributed by atoms with Crippen molar-refractivity contribution in [1.82, 2.24) is 10.2 Å². The average Bonchev–Trinajstić information content (AvgIpc) is 2.54. The highest BCUT2D eigenvalue weighted by molar-refractivity contribution is 5.75. The molecular weight excluding hydrogens is 276 g/mol. The van der Waals surface area contributed by atoms with E-state index in [0.29, 0.717) is 19.2 Å². The number of hydrogen-bond acceptors (Lipinski definition) is 2. The normalized spacial score (nSPS) is 17.0. The fourth-order valence-corrected chi connectivity index (χ4v) is 3.12. The highest BCUT2D eigenvalue weighted by Gasteiger charge is 2.26. The van der Waals surface area contributed by atoms with Crippen molar-refractivity contribution in [1.29, 1.82) is 0 Å². The molecule has 0 radical (unpaired) electrons. The Labute approximate surface area is 133 Å². The van der Waals surface area contributed by atoms with Crippen LogP contribution in [0.1, 0.15) is 44.6 Å². The van der Waals surface area contributed by atoms with Crippen molar-refractivity contribution < 1.29 is 9.53 Å². The molecule has 2 amide bonds. The second-order valence-corrected chi connectivity index (χ2v) is 6.21. The Morgan fingerprint density at radius 3 is 2.59 bits per heavy atom. The third kappa shape index (κ3) is 5.02. The lowest BCUT2D eigenvalue weighted by atomic mass is 9.94. The SMILES string of the molecule is COCC(C)NC(=O)N(Cc1ccccc1)C1CCCCC1. The summed E-state index contributed by atoms with van der Waals surface area (Å²) in [7, 11) is 1.66. The number of nitrogens with one attached hydrogen (secondary N) is 1. The third-order valence-electron chi connectivity index (χ3n) is 4.26. The van der Waals surface area contributed by atoms with Crippen LogP contribution in [0.15, 0.2) is 30.3 Å². The average molecular weight is 304 g/mol. The summed E-state index contributed by atoms with van der Waals surface area (Å²) in [5.74, 6) is 0. The van der Waals surface area contributed by atoms with Crippen LogP contribution in [0.5, 0.6) is 0 Å². The van der Waals surface area contributed by atoms with Crippen molar-refractivity contribution in [2.24, 2.45) is 0 Å². The van der Waals surface area contributed by atoms with E-state index in [2.05, 4.69) is 17.4 Å². The fraction of sp³-hybridized carbons (Fsp3) is 0.611. The van der Waals surface area contributed by atoms with Crippen molar-refractivity contribution >= 4 is 6.03 Å². The van der Waals surface area contributed by atoms with Crippen LogP contribution in [-0.4, -0.2) is 36.7 Å². The molecule has 1 N–H and O–H groups in total. The second kappa shape index (κ2) is 8.79. The van der Waals surface area contributed by atoms with Crippen LogP contribution in [0.4, 0.5) is 4.79 Å². The first-order valence-electron chi connectivity index (χ1n) is 8.30. The van der Waals surface area contributed by atoms with Gasteiger partial charge in [-0.3, -0.25) is 0 Å². The minimum Gasteiger partial charge on any atom is -0.383 e. The first-order valence-corrected chi connectivity index (χ1v) is 8.30. The zero-order valence-corrected chi connectivity index (χ0v) is 13.8. The molecule has 22 heavy (non-hydrogen) atoms. The van der Waals surface area contributed by atoms with Gasteiger partial charge in [0.2, 0.25) is 0 Å². The van der Waals surface area contributed by atoms with E-state index in [1.165, 1.54) is 24.8 Å². The van der Waals surface area contributed by atoms with Crippen LogP contribution in [0, 0.1) is 0 Å². The van der Waals surface area contributed by atoms with E-state index in [0.717, 1.165) is 12.8 Å². The lowest BCUT2D eigenvalue weighted by Gasteiger charge is -2.35. The number of hydrogen-bond donors (Lipinski definition) is 1. The van der Waals surface area contributed by atoms with Crippen LogP contribution in [0.25, 0.3) is 0 Å². The topological polar surface area (TPSA) is 41.6 Å². The van der Waals surface area contributed by atoms with E-state index in [1.54, 1.807) is 7.11 Å². The Balaban J connectivity index is 2.04. The van der Waals surface area contributed by atoms with Gasteiger partial charge in [0, 0.05) is 19.7 Å². The van der Waals surface area contributed by atoms with Crippen molar-refractivity contribution in [2.45, 2.75) is 57.7 Å². The van der Waals surface area contributed by atoms with Crippen LogP contribution in [0.2, 0.25) is 0 Å². The first kappa shape index (κ1) is 16.8. The molecular formula is C18H28N2O2. The standard InChI is InChI=1S/C18H28N2O2/c1-15(14-22-2)19-18(21)20(17-11-7-4-8-12-17)13-16-9-5-3-6-10-16/h3,5-6,9-10,15,17H,4,7-8,11-14H2,1-2H3,(H,19,21). The first-order chi connectivity index (χ1) is 10.7. The van der Waals surface area contributed by atoms with Crippen molar-refractivity contribution in [3.8, 4) is 0 Å². The lowest BCUT2D eigenvalue weighted by molar-refractivity contribution is 0.135. The Kier molecular flexibility index (Phi) is 6.72. The quantitative estimate of drug-likeness (QED) is 0.873. The van der Waals surface area contributed by atoms with Crippen LogP contribution < -0.4 is 5.32 Å². The molecule has 1 fully saturated rings. The summed E-state index contributed by atoms with van der Waals surface area (Å²) in [6.07, 6.45) is 5.95. The van der Waals surface area contributed by atoms with E-state index in [-0.39, 0.29) is 12.1 Å². The summed E-state index contributed by atoms with van der Waals surface area (Å²) < 4.78 is 5.11.